The molecule has 0 aromatic heterocycles. The van der Waals surface area contributed by atoms with Gasteiger partial charge in [0, 0.05) is 41.1 Å². The lowest BCUT2D eigenvalue weighted by atomic mass is 9.81. The Hall–Kier alpha value is -3.05. The summed E-state index contributed by atoms with van der Waals surface area (Å²) in [7, 11) is -4.29. The summed E-state index contributed by atoms with van der Waals surface area (Å²) in [6, 6.07) is 10.2. The molecule has 0 saturated heterocycles. The van der Waals surface area contributed by atoms with Crippen LogP contribution in [-0.2, 0) is 32.3 Å². The van der Waals surface area contributed by atoms with Crippen molar-refractivity contribution < 1.29 is 30.5 Å². The normalized spacial score (nSPS) is 19.8. The second kappa shape index (κ2) is 10.5. The van der Waals surface area contributed by atoms with E-state index in [1.165, 1.54) is 6.07 Å². The molecule has 39 heavy (non-hydrogen) atoms. The molecule has 4 rings (SSSR count). The van der Waals surface area contributed by atoms with Crippen LogP contribution in [0.5, 0.6) is 5.75 Å². The molecular weight excluding hydrogens is 536 g/mol. The Morgan fingerprint density at radius 1 is 1.00 bits per heavy atom. The summed E-state index contributed by atoms with van der Waals surface area (Å²) in [6.45, 7) is 13.9. The molecule has 2 aliphatic heterocycles. The zero-order chi connectivity index (χ0) is 28.8. The number of benzene rings is 2. The third-order valence-corrected chi connectivity index (χ3v) is 8.74. The van der Waals surface area contributed by atoms with E-state index < -0.39 is 26.9 Å². The van der Waals surface area contributed by atoms with Crippen LogP contribution in [0.2, 0.25) is 0 Å². The maximum atomic E-state index is 11.7. The Morgan fingerprint density at radius 2 is 1.72 bits per heavy atom. The van der Waals surface area contributed by atoms with Crippen LogP contribution in [0.25, 0.3) is 0 Å². The molecule has 0 fully saturated rings. The molecule has 0 bridgehead atoms. The smallest absolute Gasteiger partial charge is 0.357 e. The number of hydrogen-bond donors (Lipinski definition) is 2. The van der Waals surface area contributed by atoms with Gasteiger partial charge < -0.3 is 9.08 Å². The predicted octanol–water partition coefficient (Wildman–Crippen LogP) is 5.66. The van der Waals surface area contributed by atoms with Gasteiger partial charge in [-0.1, -0.05) is 32.1 Å². The first-order chi connectivity index (χ1) is 18.2. The summed E-state index contributed by atoms with van der Waals surface area (Å²) in [5, 5.41) is 0. The second-order valence-electron chi connectivity index (χ2n) is 10.6. The Labute approximate surface area is 233 Å². The largest absolute Gasteiger partial charge is 0.380 e. The highest BCUT2D eigenvalue weighted by Crippen LogP contribution is 2.48. The highest BCUT2D eigenvalue weighted by molar-refractivity contribution is 7.85. The zero-order valence-corrected chi connectivity index (χ0v) is 24.6. The Kier molecular flexibility index (Phi) is 7.79. The highest BCUT2D eigenvalue weighted by Gasteiger charge is 2.44. The minimum absolute atomic E-state index is 0.105. The minimum atomic E-state index is -4.29. The molecule has 2 aliphatic rings. The summed E-state index contributed by atoms with van der Waals surface area (Å²) >= 11 is -2.38. The molecule has 8 nitrogen and oxygen atoms in total. The maximum Gasteiger partial charge on any atom is 0.357 e. The molecule has 0 amide bonds. The molecule has 2 aromatic carbocycles. The SMILES string of the molecule is CCN1/C(=C/C=C/C=C/C2=[N+](CC)c3ccc(OS(=O)O)cc3C2(C)C)C(C)(C)c2cc(S(=O)(=O)O)ccc21. The van der Waals surface area contributed by atoms with E-state index in [1.54, 1.807) is 18.2 Å². The number of allylic oxidation sites excluding steroid dienone is 6. The molecule has 0 spiro atoms. The van der Waals surface area contributed by atoms with Gasteiger partial charge in [-0.3, -0.25) is 9.11 Å². The number of hydrogen-bond acceptors (Lipinski definition) is 5. The lowest BCUT2D eigenvalue weighted by molar-refractivity contribution is -0.433. The molecule has 2 N–H and O–H groups in total. The maximum absolute atomic E-state index is 11.7. The van der Waals surface area contributed by atoms with Gasteiger partial charge in [0.25, 0.3) is 10.1 Å². The van der Waals surface area contributed by atoms with Crippen LogP contribution in [-0.4, -0.2) is 45.1 Å². The van der Waals surface area contributed by atoms with Crippen molar-refractivity contribution in [2.45, 2.75) is 57.3 Å². The molecular formula is C29H35N2O6S2+. The van der Waals surface area contributed by atoms with Crippen LogP contribution in [0.1, 0.15) is 52.7 Å². The van der Waals surface area contributed by atoms with Gasteiger partial charge in [0.2, 0.25) is 5.69 Å². The minimum Gasteiger partial charge on any atom is -0.380 e. The van der Waals surface area contributed by atoms with E-state index in [1.807, 2.05) is 57.2 Å². The summed E-state index contributed by atoms with van der Waals surface area (Å²) in [5.74, 6) is 0.347. The van der Waals surface area contributed by atoms with Crippen molar-refractivity contribution in [3.8, 4) is 5.75 Å². The Balaban J connectivity index is 1.62. The fourth-order valence-corrected chi connectivity index (χ4v) is 6.42. The molecule has 1 atom stereocenters. The monoisotopic (exact) mass is 571 g/mol. The topological polar surface area (TPSA) is 107 Å². The lowest BCUT2D eigenvalue weighted by Crippen LogP contribution is -2.27. The van der Waals surface area contributed by atoms with Crippen LogP contribution in [0.3, 0.4) is 0 Å². The van der Waals surface area contributed by atoms with Crippen molar-refractivity contribution in [1.29, 1.82) is 0 Å². The van der Waals surface area contributed by atoms with Crippen LogP contribution in [0.15, 0.2) is 77.4 Å². The highest BCUT2D eigenvalue weighted by atomic mass is 32.2. The summed E-state index contributed by atoms with van der Waals surface area (Å²) in [4.78, 5) is 2.05. The first-order valence-electron chi connectivity index (χ1n) is 12.8. The van der Waals surface area contributed by atoms with Gasteiger partial charge >= 0.3 is 11.4 Å². The molecule has 0 radical (unpaired) electrons. The predicted molar refractivity (Wildman–Crippen MR) is 155 cm³/mol. The van der Waals surface area contributed by atoms with Gasteiger partial charge in [-0.15, -0.1) is 0 Å². The van der Waals surface area contributed by atoms with E-state index in [2.05, 4.69) is 36.3 Å². The standard InChI is InChI=1S/C29H34N2O6S2/c1-7-30-24-16-14-20(37-38(32)33)18-22(24)28(3,4)26(30)12-10-9-11-13-27-29(5,6)23-19-21(39(34,35)36)15-17-25(23)31(27)8-2/h9-19H,7-8H2,1-6H3,(H-,32,33,34,35,36)/p+1. The first-order valence-corrected chi connectivity index (χ1v) is 15.2. The number of rotatable bonds is 8. The number of nitrogens with zero attached hydrogens (tertiary/aromatic N) is 2. The van der Waals surface area contributed by atoms with E-state index >= 15 is 0 Å². The summed E-state index contributed by atoms with van der Waals surface area (Å²) < 4.78 is 60.4. The van der Waals surface area contributed by atoms with Crippen LogP contribution in [0.4, 0.5) is 11.4 Å². The number of anilines is 1. The lowest BCUT2D eigenvalue weighted by Gasteiger charge is -2.25. The van der Waals surface area contributed by atoms with E-state index in [4.69, 9.17) is 8.74 Å². The molecule has 1 unspecified atom stereocenters. The van der Waals surface area contributed by atoms with Crippen molar-refractivity contribution in [1.82, 2.24) is 0 Å². The fourth-order valence-electron chi connectivity index (χ4n) is 5.64. The molecule has 0 saturated carbocycles. The van der Waals surface area contributed by atoms with Crippen LogP contribution < -0.4 is 9.08 Å². The van der Waals surface area contributed by atoms with Gasteiger partial charge in [0.1, 0.15) is 12.3 Å². The first kappa shape index (κ1) is 28.9. The Morgan fingerprint density at radius 3 is 2.33 bits per heavy atom. The van der Waals surface area contributed by atoms with Gasteiger partial charge in [0.05, 0.1) is 10.3 Å². The molecule has 2 aromatic rings. The summed E-state index contributed by atoms with van der Waals surface area (Å²) in [6.07, 6.45) is 10.0. The van der Waals surface area contributed by atoms with Crippen molar-refractivity contribution in [2.75, 3.05) is 18.0 Å². The number of likely N-dealkylation sites (N-methyl/N-ethyl adjacent to an activating group) is 1. The Bertz CT molecular complexity index is 1570. The number of fused-ring (bicyclic) bond motifs is 2. The van der Waals surface area contributed by atoms with E-state index in [0.717, 1.165) is 40.5 Å². The van der Waals surface area contributed by atoms with Crippen molar-refractivity contribution >= 4 is 38.6 Å². The fraction of sp³-hybridized carbons (Fsp3) is 0.345. The van der Waals surface area contributed by atoms with Crippen LogP contribution >= 0.6 is 0 Å². The van der Waals surface area contributed by atoms with E-state index in [-0.39, 0.29) is 10.3 Å². The van der Waals surface area contributed by atoms with Crippen LogP contribution in [0, 0.1) is 0 Å². The second-order valence-corrected chi connectivity index (χ2v) is 12.6. The van der Waals surface area contributed by atoms with E-state index in [0.29, 0.717) is 12.3 Å². The third kappa shape index (κ3) is 5.26. The summed E-state index contributed by atoms with van der Waals surface area (Å²) in [5.41, 5.74) is 5.16. The zero-order valence-electron chi connectivity index (χ0n) is 23.0. The average Bonchev–Trinajstić information content (AvgIpc) is 3.20. The van der Waals surface area contributed by atoms with Crippen molar-refractivity contribution in [3.63, 3.8) is 0 Å². The van der Waals surface area contributed by atoms with Crippen molar-refractivity contribution in [3.05, 3.63) is 83.6 Å². The van der Waals surface area contributed by atoms with Gasteiger partial charge in [-0.05, 0) is 69.7 Å². The average molecular weight is 572 g/mol. The van der Waals surface area contributed by atoms with Gasteiger partial charge in [-0.2, -0.15) is 17.2 Å². The third-order valence-electron chi connectivity index (χ3n) is 7.55. The van der Waals surface area contributed by atoms with Gasteiger partial charge in [-0.25, -0.2) is 0 Å². The van der Waals surface area contributed by atoms with Crippen molar-refractivity contribution in [2.24, 2.45) is 0 Å². The molecule has 10 heteroatoms. The molecule has 0 aliphatic carbocycles. The molecule has 208 valence electrons. The van der Waals surface area contributed by atoms with E-state index in [9.17, 15) is 17.2 Å². The quantitative estimate of drug-likeness (QED) is 0.182. The molecule has 2 heterocycles. The van der Waals surface area contributed by atoms with Gasteiger partial charge in [0.15, 0.2) is 5.71 Å².